The maximum absolute atomic E-state index is 13.5. The van der Waals surface area contributed by atoms with Crippen molar-refractivity contribution < 1.29 is 9.18 Å². The molecule has 0 radical (unpaired) electrons. The normalized spacial score (nSPS) is 12.0. The van der Waals surface area contributed by atoms with Crippen LogP contribution in [0.15, 0.2) is 53.7 Å². The number of hydrogen-bond donors (Lipinski definition) is 1. The van der Waals surface area contributed by atoms with Gasteiger partial charge in [0.05, 0.1) is 6.04 Å². The summed E-state index contributed by atoms with van der Waals surface area (Å²) in [6.07, 6.45) is 0. The summed E-state index contributed by atoms with van der Waals surface area (Å²) in [5.41, 5.74) is 2.02. The third-order valence-corrected chi connectivity index (χ3v) is 5.06. The Labute approximate surface area is 162 Å². The molecule has 5 nitrogen and oxygen atoms in total. The van der Waals surface area contributed by atoms with E-state index in [1.165, 1.54) is 12.1 Å². The van der Waals surface area contributed by atoms with Crippen molar-refractivity contribution in [2.75, 3.05) is 5.75 Å². The van der Waals surface area contributed by atoms with Gasteiger partial charge in [-0.1, -0.05) is 43.0 Å². The summed E-state index contributed by atoms with van der Waals surface area (Å²) in [6, 6.07) is 13.2. The fraction of sp³-hybridized carbons (Fsp3) is 0.250. The van der Waals surface area contributed by atoms with Crippen LogP contribution in [-0.2, 0) is 7.05 Å². The van der Waals surface area contributed by atoms with E-state index >= 15 is 0 Å². The van der Waals surface area contributed by atoms with Crippen LogP contribution in [0.2, 0.25) is 0 Å². The van der Waals surface area contributed by atoms with Gasteiger partial charge in [-0.2, -0.15) is 0 Å². The number of nitrogens with zero attached hydrogens (tertiary/aromatic N) is 3. The molecule has 0 aliphatic carbocycles. The van der Waals surface area contributed by atoms with E-state index in [4.69, 9.17) is 0 Å². The van der Waals surface area contributed by atoms with E-state index in [1.54, 1.807) is 36.0 Å². The molecule has 140 valence electrons. The highest BCUT2D eigenvalue weighted by atomic mass is 32.2. The first kappa shape index (κ1) is 19.1. The smallest absolute Gasteiger partial charge is 0.251 e. The summed E-state index contributed by atoms with van der Waals surface area (Å²) in [5, 5.41) is 12.1. The highest BCUT2D eigenvalue weighted by molar-refractivity contribution is 7.99. The molecule has 1 atom stereocenters. The Morgan fingerprint density at radius 2 is 1.89 bits per heavy atom. The first-order chi connectivity index (χ1) is 13.0. The minimum absolute atomic E-state index is 0.214. The van der Waals surface area contributed by atoms with Gasteiger partial charge in [-0.25, -0.2) is 4.39 Å². The van der Waals surface area contributed by atoms with Gasteiger partial charge in [0.1, 0.15) is 5.82 Å². The van der Waals surface area contributed by atoms with Gasteiger partial charge in [0.2, 0.25) is 0 Å². The largest absolute Gasteiger partial charge is 0.342 e. The summed E-state index contributed by atoms with van der Waals surface area (Å²) in [6.45, 7) is 3.93. The zero-order valence-corrected chi connectivity index (χ0v) is 16.3. The molecule has 0 saturated carbocycles. The van der Waals surface area contributed by atoms with Crippen molar-refractivity contribution in [1.29, 1.82) is 0 Å². The minimum atomic E-state index is -0.306. The van der Waals surface area contributed by atoms with Gasteiger partial charge in [0.15, 0.2) is 11.0 Å². The van der Waals surface area contributed by atoms with E-state index in [0.29, 0.717) is 11.4 Å². The van der Waals surface area contributed by atoms with Crippen LogP contribution >= 0.6 is 11.8 Å². The summed E-state index contributed by atoms with van der Waals surface area (Å²) < 4.78 is 15.4. The second-order valence-corrected chi connectivity index (χ2v) is 7.35. The molecule has 27 heavy (non-hydrogen) atoms. The molecule has 0 saturated heterocycles. The van der Waals surface area contributed by atoms with E-state index in [1.807, 2.05) is 30.7 Å². The van der Waals surface area contributed by atoms with Crippen LogP contribution in [0.3, 0.4) is 0 Å². The standard InChI is InChI=1S/C20H21FN4OS/c1-4-27-20-24-23-18(25(20)3)13(2)22-19(26)16-9-5-7-14(11-16)15-8-6-10-17(21)12-15/h5-13H,4H2,1-3H3,(H,22,26)/t13-/m0/s1. The molecule has 7 heteroatoms. The van der Waals surface area contributed by atoms with Gasteiger partial charge in [-0.15, -0.1) is 10.2 Å². The highest BCUT2D eigenvalue weighted by Crippen LogP contribution is 2.22. The van der Waals surface area contributed by atoms with Crippen molar-refractivity contribution in [3.05, 3.63) is 65.7 Å². The molecular weight excluding hydrogens is 363 g/mol. The topological polar surface area (TPSA) is 59.8 Å². The Hall–Kier alpha value is -2.67. The summed E-state index contributed by atoms with van der Waals surface area (Å²) in [5.74, 6) is 1.08. The quantitative estimate of drug-likeness (QED) is 0.647. The van der Waals surface area contributed by atoms with Gasteiger partial charge in [0.25, 0.3) is 5.91 Å². The molecule has 1 heterocycles. The third-order valence-electron chi connectivity index (χ3n) is 4.16. The minimum Gasteiger partial charge on any atom is -0.342 e. The fourth-order valence-corrected chi connectivity index (χ4v) is 3.45. The second-order valence-electron chi connectivity index (χ2n) is 6.12. The second kappa shape index (κ2) is 8.35. The lowest BCUT2D eigenvalue weighted by molar-refractivity contribution is 0.0937. The molecule has 3 aromatic rings. The molecule has 0 unspecified atom stereocenters. The Morgan fingerprint density at radius 3 is 2.59 bits per heavy atom. The van der Waals surface area contributed by atoms with E-state index < -0.39 is 0 Å². The monoisotopic (exact) mass is 384 g/mol. The van der Waals surface area contributed by atoms with Gasteiger partial charge in [0, 0.05) is 12.6 Å². The fourth-order valence-electron chi connectivity index (χ4n) is 2.81. The Morgan fingerprint density at radius 1 is 1.19 bits per heavy atom. The van der Waals surface area contributed by atoms with Crippen LogP contribution < -0.4 is 5.32 Å². The number of amides is 1. The van der Waals surface area contributed by atoms with Gasteiger partial charge in [-0.3, -0.25) is 4.79 Å². The molecule has 2 aromatic carbocycles. The summed E-state index contributed by atoms with van der Waals surface area (Å²) in [4.78, 5) is 12.7. The van der Waals surface area contributed by atoms with Gasteiger partial charge >= 0.3 is 0 Å². The van der Waals surface area contributed by atoms with Crippen LogP contribution in [0.25, 0.3) is 11.1 Å². The molecule has 0 aliphatic heterocycles. The van der Waals surface area contributed by atoms with Crippen LogP contribution in [0.5, 0.6) is 0 Å². The molecule has 3 rings (SSSR count). The lowest BCUT2D eigenvalue weighted by Gasteiger charge is -2.14. The maximum atomic E-state index is 13.5. The highest BCUT2D eigenvalue weighted by Gasteiger charge is 2.18. The number of thioether (sulfide) groups is 1. The molecule has 1 aromatic heterocycles. The predicted octanol–water partition coefficient (Wildman–Crippen LogP) is 4.22. The van der Waals surface area contributed by atoms with Crippen molar-refractivity contribution in [1.82, 2.24) is 20.1 Å². The number of halogens is 1. The molecule has 0 spiro atoms. The number of carbonyl (C=O) groups excluding carboxylic acids is 1. The van der Waals surface area contributed by atoms with Crippen molar-refractivity contribution in [2.24, 2.45) is 7.05 Å². The zero-order valence-electron chi connectivity index (χ0n) is 15.4. The number of nitrogens with one attached hydrogen (secondary N) is 1. The van der Waals surface area contributed by atoms with E-state index in [0.717, 1.165) is 22.0 Å². The lowest BCUT2D eigenvalue weighted by Crippen LogP contribution is -2.28. The van der Waals surface area contributed by atoms with Gasteiger partial charge < -0.3 is 9.88 Å². The van der Waals surface area contributed by atoms with E-state index in [2.05, 4.69) is 22.4 Å². The number of aromatic nitrogens is 3. The van der Waals surface area contributed by atoms with E-state index in [-0.39, 0.29) is 17.8 Å². The number of benzene rings is 2. The van der Waals surface area contributed by atoms with Crippen LogP contribution in [-0.4, -0.2) is 26.4 Å². The average molecular weight is 384 g/mol. The number of rotatable bonds is 6. The molecule has 1 N–H and O–H groups in total. The summed E-state index contributed by atoms with van der Waals surface area (Å²) in [7, 11) is 1.89. The Kier molecular flexibility index (Phi) is 5.91. The molecule has 0 aliphatic rings. The molecule has 0 fully saturated rings. The van der Waals surface area contributed by atoms with Crippen molar-refractivity contribution in [3.63, 3.8) is 0 Å². The van der Waals surface area contributed by atoms with Crippen molar-refractivity contribution >= 4 is 17.7 Å². The van der Waals surface area contributed by atoms with Crippen molar-refractivity contribution in [3.8, 4) is 11.1 Å². The lowest BCUT2D eigenvalue weighted by atomic mass is 10.0. The Balaban J connectivity index is 1.77. The number of carbonyl (C=O) groups is 1. The predicted molar refractivity (Wildman–Crippen MR) is 105 cm³/mol. The molecule has 0 bridgehead atoms. The van der Waals surface area contributed by atoms with Crippen LogP contribution in [0.1, 0.15) is 36.1 Å². The number of hydrogen-bond acceptors (Lipinski definition) is 4. The van der Waals surface area contributed by atoms with Crippen LogP contribution in [0.4, 0.5) is 4.39 Å². The van der Waals surface area contributed by atoms with Gasteiger partial charge in [-0.05, 0) is 48.1 Å². The van der Waals surface area contributed by atoms with Crippen molar-refractivity contribution in [2.45, 2.75) is 25.0 Å². The Bertz CT molecular complexity index is 957. The molecular formula is C20H21FN4OS. The maximum Gasteiger partial charge on any atom is 0.251 e. The first-order valence-electron chi connectivity index (χ1n) is 8.68. The summed E-state index contributed by atoms with van der Waals surface area (Å²) >= 11 is 1.60. The average Bonchev–Trinajstić information content (AvgIpc) is 3.03. The zero-order chi connectivity index (χ0) is 19.4. The first-order valence-corrected chi connectivity index (χ1v) is 9.67. The molecule has 1 amide bonds. The van der Waals surface area contributed by atoms with E-state index in [9.17, 15) is 9.18 Å². The SMILES string of the molecule is CCSc1nnc([C@H](C)NC(=O)c2cccc(-c3cccc(F)c3)c2)n1C. The third kappa shape index (κ3) is 4.36. The van der Waals surface area contributed by atoms with Crippen LogP contribution in [0, 0.1) is 5.82 Å².